The van der Waals surface area contributed by atoms with Gasteiger partial charge in [-0.15, -0.1) is 0 Å². The Morgan fingerprint density at radius 2 is 0.676 bits per heavy atom. The van der Waals surface area contributed by atoms with E-state index >= 15 is 0 Å². The lowest BCUT2D eigenvalue weighted by molar-refractivity contribution is 0.0445. The van der Waals surface area contributed by atoms with Gasteiger partial charge in [0.05, 0.1) is 0 Å². The molecule has 0 saturated carbocycles. The van der Waals surface area contributed by atoms with Crippen molar-refractivity contribution in [3.63, 3.8) is 0 Å². The van der Waals surface area contributed by atoms with Crippen LogP contribution < -0.4 is 10.4 Å². The van der Waals surface area contributed by atoms with Crippen LogP contribution in [0.1, 0.15) is 23.3 Å². The van der Waals surface area contributed by atoms with Crippen molar-refractivity contribution in [2.75, 3.05) is 0 Å². The summed E-state index contributed by atoms with van der Waals surface area (Å²) in [4.78, 5) is 0. The van der Waals surface area contributed by atoms with Gasteiger partial charge in [-0.3, -0.25) is 0 Å². The SMILES string of the molecule is C[Si](C)(OC(c1ccccc1)C(O[Si](C)(C)c1ccccc1)c1ccccc1)c1ccccc1. The lowest BCUT2D eigenvalue weighted by Gasteiger charge is -2.39. The zero-order valence-electron chi connectivity index (χ0n) is 20.5. The first kappa shape index (κ1) is 24.4. The first-order valence-electron chi connectivity index (χ1n) is 11.9. The van der Waals surface area contributed by atoms with E-state index in [9.17, 15) is 0 Å². The Balaban J connectivity index is 1.79. The highest BCUT2D eigenvalue weighted by Crippen LogP contribution is 2.39. The summed E-state index contributed by atoms with van der Waals surface area (Å²) in [5.41, 5.74) is 2.29. The molecule has 0 spiro atoms. The highest BCUT2D eigenvalue weighted by atomic mass is 28.4. The van der Waals surface area contributed by atoms with E-state index in [0.29, 0.717) is 0 Å². The Bertz CT molecular complexity index is 1050. The molecule has 0 aliphatic carbocycles. The molecule has 2 nitrogen and oxygen atoms in total. The summed E-state index contributed by atoms with van der Waals surface area (Å²) in [5, 5.41) is 2.56. The first-order chi connectivity index (χ1) is 16.4. The third-order valence-corrected chi connectivity index (χ3v) is 11.4. The van der Waals surface area contributed by atoms with Crippen LogP contribution in [-0.4, -0.2) is 16.6 Å². The van der Waals surface area contributed by atoms with Gasteiger partial charge >= 0.3 is 0 Å². The molecule has 4 aromatic rings. The van der Waals surface area contributed by atoms with E-state index in [1.54, 1.807) is 0 Å². The largest absolute Gasteiger partial charge is 0.403 e. The molecule has 0 amide bonds. The van der Waals surface area contributed by atoms with Gasteiger partial charge in [0.2, 0.25) is 16.6 Å². The van der Waals surface area contributed by atoms with E-state index in [-0.39, 0.29) is 12.2 Å². The third kappa shape index (κ3) is 5.83. The lowest BCUT2D eigenvalue weighted by Crippen LogP contribution is -2.49. The first-order valence-corrected chi connectivity index (χ1v) is 17.7. The Labute approximate surface area is 206 Å². The van der Waals surface area contributed by atoms with E-state index in [1.165, 1.54) is 10.4 Å². The number of hydrogen-bond acceptors (Lipinski definition) is 2. The fourth-order valence-electron chi connectivity index (χ4n) is 4.34. The average Bonchev–Trinajstić information content (AvgIpc) is 2.88. The molecule has 0 radical (unpaired) electrons. The Morgan fingerprint density at radius 1 is 0.412 bits per heavy atom. The summed E-state index contributed by atoms with van der Waals surface area (Å²) in [5.74, 6) is 0. The topological polar surface area (TPSA) is 18.5 Å². The summed E-state index contributed by atoms with van der Waals surface area (Å²) in [6.45, 7) is 9.11. The van der Waals surface area contributed by atoms with Crippen LogP contribution in [-0.2, 0) is 8.85 Å². The van der Waals surface area contributed by atoms with Crippen molar-refractivity contribution in [2.45, 2.75) is 38.4 Å². The van der Waals surface area contributed by atoms with E-state index in [1.807, 2.05) is 0 Å². The molecule has 2 atom stereocenters. The molecule has 0 aromatic heterocycles. The number of hydrogen-bond donors (Lipinski definition) is 0. The fourth-order valence-corrected chi connectivity index (χ4v) is 8.40. The summed E-state index contributed by atoms with van der Waals surface area (Å²) in [7, 11) is -4.48. The molecular formula is C30H34O2Si2. The molecule has 174 valence electrons. The van der Waals surface area contributed by atoms with Gasteiger partial charge in [-0.25, -0.2) is 0 Å². The van der Waals surface area contributed by atoms with E-state index in [2.05, 4.69) is 148 Å². The molecular weight excluding hydrogens is 449 g/mol. The number of rotatable bonds is 9. The van der Waals surface area contributed by atoms with Crippen molar-refractivity contribution in [2.24, 2.45) is 0 Å². The lowest BCUT2D eigenvalue weighted by atomic mass is 9.98. The Hall–Kier alpha value is -2.77. The molecule has 4 heteroatoms. The van der Waals surface area contributed by atoms with Gasteiger partial charge in [0.15, 0.2) is 0 Å². The summed E-state index contributed by atoms with van der Waals surface area (Å²) in [6, 6.07) is 42.4. The molecule has 4 rings (SSSR count). The van der Waals surface area contributed by atoms with Crippen molar-refractivity contribution >= 4 is 27.0 Å². The predicted octanol–water partition coefficient (Wildman–Crippen LogP) is 6.73. The fraction of sp³-hybridized carbons (Fsp3) is 0.200. The van der Waals surface area contributed by atoms with E-state index < -0.39 is 16.6 Å². The minimum atomic E-state index is -2.24. The third-order valence-electron chi connectivity index (χ3n) is 6.31. The summed E-state index contributed by atoms with van der Waals surface area (Å²) in [6.07, 6.45) is -0.443. The summed E-state index contributed by atoms with van der Waals surface area (Å²) >= 11 is 0. The standard InChI is InChI=1S/C30H34O2Si2/c1-33(2,27-21-13-7-14-22-27)31-29(25-17-9-5-10-18-25)30(26-19-11-6-12-20-26)32-34(3,4)28-23-15-8-16-24-28/h5-24,29-30H,1-4H3. The number of benzene rings is 4. The van der Waals surface area contributed by atoms with E-state index in [0.717, 1.165) is 11.1 Å². The molecule has 0 N–H and O–H groups in total. The maximum absolute atomic E-state index is 7.14. The van der Waals surface area contributed by atoms with Crippen LogP contribution in [0.15, 0.2) is 121 Å². The van der Waals surface area contributed by atoms with Crippen LogP contribution in [0, 0.1) is 0 Å². The minimum Gasteiger partial charge on any atom is -0.403 e. The quantitative estimate of drug-likeness (QED) is 0.246. The molecule has 0 fully saturated rings. The van der Waals surface area contributed by atoms with Gasteiger partial charge in [0.1, 0.15) is 12.2 Å². The van der Waals surface area contributed by atoms with Gasteiger partial charge in [-0.05, 0) is 47.7 Å². The molecule has 0 aliphatic heterocycles. The molecule has 4 aromatic carbocycles. The van der Waals surface area contributed by atoms with Crippen LogP contribution in [0.2, 0.25) is 26.2 Å². The Morgan fingerprint density at radius 3 is 0.971 bits per heavy atom. The van der Waals surface area contributed by atoms with Crippen molar-refractivity contribution in [1.82, 2.24) is 0 Å². The van der Waals surface area contributed by atoms with Crippen LogP contribution in [0.3, 0.4) is 0 Å². The smallest absolute Gasteiger partial charge is 0.219 e. The zero-order chi connectivity index (χ0) is 24.0. The zero-order valence-corrected chi connectivity index (χ0v) is 22.5. The van der Waals surface area contributed by atoms with Crippen LogP contribution in [0.5, 0.6) is 0 Å². The van der Waals surface area contributed by atoms with Gasteiger partial charge in [0, 0.05) is 0 Å². The maximum atomic E-state index is 7.14. The molecule has 0 aliphatic rings. The van der Waals surface area contributed by atoms with Gasteiger partial charge in [-0.1, -0.05) is 121 Å². The second kappa shape index (κ2) is 10.7. The van der Waals surface area contributed by atoms with Crippen molar-refractivity contribution in [1.29, 1.82) is 0 Å². The Kier molecular flexibility index (Phi) is 7.64. The molecule has 0 heterocycles. The monoisotopic (exact) mass is 482 g/mol. The van der Waals surface area contributed by atoms with Crippen LogP contribution in [0.25, 0.3) is 0 Å². The molecule has 0 saturated heterocycles. The van der Waals surface area contributed by atoms with Crippen molar-refractivity contribution in [3.8, 4) is 0 Å². The normalized spacial score (nSPS) is 13.9. The second-order valence-corrected chi connectivity index (χ2v) is 17.3. The average molecular weight is 483 g/mol. The van der Waals surface area contributed by atoms with Gasteiger partial charge in [-0.2, -0.15) is 0 Å². The van der Waals surface area contributed by atoms with E-state index in [4.69, 9.17) is 8.85 Å². The summed E-state index contributed by atoms with van der Waals surface area (Å²) < 4.78 is 14.3. The highest BCUT2D eigenvalue weighted by molar-refractivity contribution is 6.85. The van der Waals surface area contributed by atoms with Gasteiger partial charge in [0.25, 0.3) is 0 Å². The highest BCUT2D eigenvalue weighted by Gasteiger charge is 2.38. The predicted molar refractivity (Wildman–Crippen MR) is 148 cm³/mol. The molecule has 34 heavy (non-hydrogen) atoms. The molecule has 2 unspecified atom stereocenters. The second-order valence-electron chi connectivity index (χ2n) is 9.65. The van der Waals surface area contributed by atoms with Gasteiger partial charge < -0.3 is 8.85 Å². The maximum Gasteiger partial charge on any atom is 0.219 e. The minimum absolute atomic E-state index is 0.221. The van der Waals surface area contributed by atoms with Crippen LogP contribution in [0.4, 0.5) is 0 Å². The van der Waals surface area contributed by atoms with Crippen molar-refractivity contribution < 1.29 is 8.85 Å². The molecule has 0 bridgehead atoms. The van der Waals surface area contributed by atoms with Crippen LogP contribution >= 0.6 is 0 Å². The van der Waals surface area contributed by atoms with Crippen molar-refractivity contribution in [3.05, 3.63) is 132 Å².